The third kappa shape index (κ3) is 5.59. The van der Waals surface area contributed by atoms with Gasteiger partial charge in [-0.15, -0.1) is 0 Å². The van der Waals surface area contributed by atoms with Gasteiger partial charge in [0.15, 0.2) is 0 Å². The van der Waals surface area contributed by atoms with Crippen molar-refractivity contribution in [3.63, 3.8) is 0 Å². The fraction of sp³-hybridized carbons (Fsp3) is 0.227. The van der Waals surface area contributed by atoms with Gasteiger partial charge in [-0.3, -0.25) is 9.59 Å². The van der Waals surface area contributed by atoms with E-state index in [1.807, 2.05) is 31.2 Å². The van der Waals surface area contributed by atoms with Crippen LogP contribution in [-0.4, -0.2) is 30.7 Å². The number of carbonyl (C=O) groups excluding carboxylic acids is 1. The van der Waals surface area contributed by atoms with E-state index in [-0.39, 0.29) is 11.4 Å². The van der Waals surface area contributed by atoms with Gasteiger partial charge in [0.25, 0.3) is 5.56 Å². The first-order valence-corrected chi connectivity index (χ1v) is 11.5. The normalized spacial score (nSPS) is 12.2. The molecule has 0 spiro atoms. The Hall–Kier alpha value is -3.50. The third-order valence-electron chi connectivity index (χ3n) is 4.75. The van der Waals surface area contributed by atoms with Gasteiger partial charge in [-0.1, -0.05) is 12.1 Å². The van der Waals surface area contributed by atoms with E-state index in [9.17, 15) is 18.0 Å². The number of carbonyl (C=O) groups is 1. The highest BCUT2D eigenvalue weighted by molar-refractivity contribution is 7.89. The Kier molecular flexibility index (Phi) is 7.06. The van der Waals surface area contributed by atoms with E-state index < -0.39 is 27.5 Å². The number of ether oxygens (including phenoxy) is 1. The van der Waals surface area contributed by atoms with Crippen LogP contribution in [0.1, 0.15) is 25.5 Å². The minimum absolute atomic E-state index is 0.0113. The third-order valence-corrected chi connectivity index (χ3v) is 5.68. The van der Waals surface area contributed by atoms with Gasteiger partial charge in [0.2, 0.25) is 15.9 Å². The predicted octanol–water partition coefficient (Wildman–Crippen LogP) is 1.83. The van der Waals surface area contributed by atoms with Crippen molar-refractivity contribution in [2.75, 3.05) is 6.61 Å². The molecule has 0 fully saturated rings. The molecular weight excluding hydrogens is 432 g/mol. The van der Waals surface area contributed by atoms with Crippen LogP contribution in [0, 0.1) is 0 Å². The van der Waals surface area contributed by atoms with Crippen LogP contribution in [0.5, 0.6) is 5.75 Å². The predicted molar refractivity (Wildman–Crippen MR) is 119 cm³/mol. The second-order valence-corrected chi connectivity index (χ2v) is 8.60. The SMILES string of the molecule is CCOc1ccc(-c2ccc(=O)n(C(C)C(=O)NCc3ccc(S(N)(=O)=O)cc3)n2)cc1. The molecule has 0 aliphatic carbocycles. The first kappa shape index (κ1) is 23.2. The molecule has 1 atom stereocenters. The Morgan fingerprint density at radius 2 is 1.75 bits per heavy atom. The van der Waals surface area contributed by atoms with Crippen LogP contribution in [0.2, 0.25) is 0 Å². The van der Waals surface area contributed by atoms with Gasteiger partial charge in [-0.2, -0.15) is 5.10 Å². The average molecular weight is 457 g/mol. The van der Waals surface area contributed by atoms with Crippen LogP contribution >= 0.6 is 0 Å². The van der Waals surface area contributed by atoms with E-state index in [2.05, 4.69) is 10.4 Å². The van der Waals surface area contributed by atoms with Crippen LogP contribution < -0.4 is 20.8 Å². The summed E-state index contributed by atoms with van der Waals surface area (Å²) in [7, 11) is -3.78. The number of nitrogens with zero attached hydrogens (tertiary/aromatic N) is 2. The highest BCUT2D eigenvalue weighted by Gasteiger charge is 2.18. The lowest BCUT2D eigenvalue weighted by molar-refractivity contribution is -0.124. The van der Waals surface area contributed by atoms with Crippen molar-refractivity contribution in [1.29, 1.82) is 0 Å². The second kappa shape index (κ2) is 9.75. The molecule has 0 radical (unpaired) electrons. The van der Waals surface area contributed by atoms with Gasteiger partial charge in [-0.25, -0.2) is 18.2 Å². The van der Waals surface area contributed by atoms with Crippen molar-refractivity contribution >= 4 is 15.9 Å². The molecule has 3 aromatic rings. The molecule has 3 rings (SSSR count). The van der Waals surface area contributed by atoms with Crippen LogP contribution in [0.25, 0.3) is 11.3 Å². The highest BCUT2D eigenvalue weighted by Crippen LogP contribution is 2.20. The fourth-order valence-electron chi connectivity index (χ4n) is 2.99. The molecule has 10 heteroatoms. The van der Waals surface area contributed by atoms with Crippen LogP contribution in [0.4, 0.5) is 0 Å². The number of amides is 1. The summed E-state index contributed by atoms with van der Waals surface area (Å²) < 4.78 is 29.2. The van der Waals surface area contributed by atoms with Gasteiger partial charge < -0.3 is 10.1 Å². The van der Waals surface area contributed by atoms with Gasteiger partial charge >= 0.3 is 0 Å². The molecule has 3 N–H and O–H groups in total. The summed E-state index contributed by atoms with van der Waals surface area (Å²) in [5.74, 6) is 0.327. The summed E-state index contributed by atoms with van der Waals surface area (Å²) in [4.78, 5) is 24.9. The zero-order valence-corrected chi connectivity index (χ0v) is 18.5. The zero-order valence-electron chi connectivity index (χ0n) is 17.7. The van der Waals surface area contributed by atoms with E-state index in [0.717, 1.165) is 16.0 Å². The molecule has 1 heterocycles. The topological polar surface area (TPSA) is 133 Å². The Bertz CT molecular complexity index is 1250. The summed E-state index contributed by atoms with van der Waals surface area (Å²) in [5.41, 5.74) is 1.61. The van der Waals surface area contributed by atoms with Gasteiger partial charge in [-0.05, 0) is 61.9 Å². The van der Waals surface area contributed by atoms with Crippen molar-refractivity contribution in [1.82, 2.24) is 15.1 Å². The van der Waals surface area contributed by atoms with E-state index in [0.29, 0.717) is 17.9 Å². The van der Waals surface area contributed by atoms with Crippen LogP contribution in [0.3, 0.4) is 0 Å². The number of rotatable bonds is 8. The summed E-state index contributed by atoms with van der Waals surface area (Å²) >= 11 is 0. The number of nitrogens with two attached hydrogens (primary N) is 1. The van der Waals surface area contributed by atoms with Crippen molar-refractivity contribution in [3.8, 4) is 17.0 Å². The first-order valence-electron chi connectivity index (χ1n) is 9.91. The second-order valence-electron chi connectivity index (χ2n) is 7.04. The monoisotopic (exact) mass is 456 g/mol. The molecule has 9 nitrogen and oxygen atoms in total. The zero-order chi connectivity index (χ0) is 23.3. The standard InChI is InChI=1S/C22H24N4O5S/c1-3-31-18-8-6-17(7-9-18)20-12-13-21(27)26(25-20)15(2)22(28)24-14-16-4-10-19(11-5-16)32(23,29)30/h4-13,15H,3,14H2,1-2H3,(H,24,28)(H2,23,29,30). The number of hydrogen-bond acceptors (Lipinski definition) is 6. The first-order chi connectivity index (χ1) is 15.2. The lowest BCUT2D eigenvalue weighted by atomic mass is 10.1. The van der Waals surface area contributed by atoms with E-state index in [1.54, 1.807) is 25.1 Å². The van der Waals surface area contributed by atoms with Crippen molar-refractivity contribution in [2.24, 2.45) is 5.14 Å². The Labute approximate surface area is 185 Å². The maximum atomic E-state index is 12.6. The van der Waals surface area contributed by atoms with Crippen LogP contribution in [-0.2, 0) is 21.4 Å². The van der Waals surface area contributed by atoms with Gasteiger partial charge in [0.1, 0.15) is 11.8 Å². The summed E-state index contributed by atoms with van der Waals surface area (Å²) in [6, 6.07) is 15.3. The molecule has 0 aliphatic heterocycles. The molecule has 0 aliphatic rings. The largest absolute Gasteiger partial charge is 0.494 e. The van der Waals surface area contributed by atoms with Crippen molar-refractivity contribution < 1.29 is 17.9 Å². The molecule has 1 amide bonds. The number of primary sulfonamides is 1. The lowest BCUT2D eigenvalue weighted by Gasteiger charge is -2.15. The Balaban J connectivity index is 1.72. The number of hydrogen-bond donors (Lipinski definition) is 2. The maximum Gasteiger partial charge on any atom is 0.267 e. The molecule has 168 valence electrons. The Morgan fingerprint density at radius 3 is 2.34 bits per heavy atom. The van der Waals surface area contributed by atoms with Gasteiger partial charge in [0, 0.05) is 18.2 Å². The summed E-state index contributed by atoms with van der Waals surface area (Å²) in [6.45, 7) is 4.19. The van der Waals surface area contributed by atoms with Gasteiger partial charge in [0.05, 0.1) is 17.2 Å². The minimum Gasteiger partial charge on any atom is -0.494 e. The molecule has 2 aromatic carbocycles. The van der Waals surface area contributed by atoms with E-state index in [4.69, 9.17) is 9.88 Å². The Morgan fingerprint density at radius 1 is 1.09 bits per heavy atom. The average Bonchev–Trinajstić information content (AvgIpc) is 2.78. The molecule has 0 bridgehead atoms. The molecular formula is C22H24N4O5S. The summed E-state index contributed by atoms with van der Waals surface area (Å²) in [6.07, 6.45) is 0. The molecule has 1 aromatic heterocycles. The van der Waals surface area contributed by atoms with E-state index >= 15 is 0 Å². The maximum absolute atomic E-state index is 12.6. The smallest absolute Gasteiger partial charge is 0.267 e. The fourth-order valence-corrected chi connectivity index (χ4v) is 3.51. The minimum atomic E-state index is -3.78. The molecule has 0 saturated carbocycles. The van der Waals surface area contributed by atoms with Crippen molar-refractivity contribution in [3.05, 3.63) is 76.6 Å². The highest BCUT2D eigenvalue weighted by atomic mass is 32.2. The number of benzene rings is 2. The molecule has 32 heavy (non-hydrogen) atoms. The quantitative estimate of drug-likeness (QED) is 0.531. The number of aromatic nitrogens is 2. The van der Waals surface area contributed by atoms with E-state index in [1.165, 1.54) is 18.2 Å². The number of sulfonamides is 1. The molecule has 1 unspecified atom stereocenters. The lowest BCUT2D eigenvalue weighted by Crippen LogP contribution is -2.36. The summed E-state index contributed by atoms with van der Waals surface area (Å²) in [5, 5.41) is 12.2. The van der Waals surface area contributed by atoms with Crippen LogP contribution in [0.15, 0.2) is 70.4 Å². The number of nitrogens with one attached hydrogen (secondary N) is 1. The van der Waals surface area contributed by atoms with Crippen molar-refractivity contribution in [2.45, 2.75) is 31.3 Å². The molecule has 0 saturated heterocycles.